The second-order valence-corrected chi connectivity index (χ2v) is 11.6. The van der Waals surface area contributed by atoms with Crippen molar-refractivity contribution in [3.05, 3.63) is 48.7 Å². The van der Waals surface area contributed by atoms with Crippen molar-refractivity contribution < 1.29 is 14.6 Å². The van der Waals surface area contributed by atoms with Gasteiger partial charge in [0, 0.05) is 48.9 Å². The number of fused-ring (bicyclic) bond motifs is 3. The molecule has 0 radical (unpaired) electrons. The van der Waals surface area contributed by atoms with Crippen LogP contribution in [-0.4, -0.2) is 76.6 Å². The van der Waals surface area contributed by atoms with E-state index in [2.05, 4.69) is 34.0 Å². The lowest BCUT2D eigenvalue weighted by molar-refractivity contribution is 0.0214. The van der Waals surface area contributed by atoms with E-state index >= 15 is 0 Å². The third-order valence-electron chi connectivity index (χ3n) is 7.09. The van der Waals surface area contributed by atoms with E-state index in [1.807, 2.05) is 37.8 Å². The molecule has 40 heavy (non-hydrogen) atoms. The van der Waals surface area contributed by atoms with E-state index in [1.165, 1.54) is 0 Å². The van der Waals surface area contributed by atoms with Gasteiger partial charge in [-0.3, -0.25) is 4.98 Å². The summed E-state index contributed by atoms with van der Waals surface area (Å²) in [6.45, 7) is 11.0. The van der Waals surface area contributed by atoms with E-state index in [9.17, 15) is 9.90 Å². The minimum Gasteiger partial charge on any atom is -0.508 e. The fraction of sp³-hybridized carbons (Fsp3) is 0.429. The number of phenolic OH excluding ortho intramolecular Hbond substituents is 1. The first-order valence-electron chi connectivity index (χ1n) is 13.5. The van der Waals surface area contributed by atoms with Crippen molar-refractivity contribution in [2.75, 3.05) is 23.3 Å². The largest absolute Gasteiger partial charge is 0.508 e. The second kappa shape index (κ2) is 9.61. The molecule has 3 aromatic heterocycles. The molecule has 6 rings (SSSR count). The summed E-state index contributed by atoms with van der Waals surface area (Å²) in [6.07, 6.45) is 5.42. The standard InChI is InChI=1S/C28H33N9O3/c1-16(2)25-32-23(35-14-18-10-17(35)15-36(18)27(39)40-28(3,4)5)12-24(33-25)37-21-11-19(38)6-7-20(21)26(34-37)31-22-13-29-8-9-30-22/h6-9,11-13,16-18,38H,10,14-15H2,1-5H3,(H,30,31,34)/t17-,18-/m0/s1. The summed E-state index contributed by atoms with van der Waals surface area (Å²) >= 11 is 0. The summed E-state index contributed by atoms with van der Waals surface area (Å²) in [4.78, 5) is 35.1. The Balaban J connectivity index is 1.36. The number of nitrogens with one attached hydrogen (secondary N) is 1. The van der Waals surface area contributed by atoms with Crippen LogP contribution in [0, 0.1) is 0 Å². The van der Waals surface area contributed by atoms with Crippen molar-refractivity contribution in [3.63, 3.8) is 0 Å². The molecule has 2 bridgehead atoms. The highest BCUT2D eigenvalue weighted by atomic mass is 16.6. The lowest BCUT2D eigenvalue weighted by atomic mass is 10.2. The number of benzene rings is 1. The number of amides is 1. The molecule has 0 spiro atoms. The van der Waals surface area contributed by atoms with Gasteiger partial charge in [0.2, 0.25) is 0 Å². The van der Waals surface area contributed by atoms with Crippen molar-refractivity contribution >= 4 is 34.4 Å². The van der Waals surface area contributed by atoms with Crippen molar-refractivity contribution in [3.8, 4) is 11.6 Å². The van der Waals surface area contributed by atoms with Gasteiger partial charge in [-0.05, 0) is 39.3 Å². The van der Waals surface area contributed by atoms with Gasteiger partial charge < -0.3 is 25.0 Å². The molecule has 2 saturated heterocycles. The number of rotatable bonds is 5. The van der Waals surface area contributed by atoms with Gasteiger partial charge in [-0.15, -0.1) is 5.10 Å². The molecule has 12 heteroatoms. The molecule has 1 aromatic carbocycles. The molecule has 1 amide bonds. The molecule has 0 aliphatic carbocycles. The maximum atomic E-state index is 12.8. The predicted octanol–water partition coefficient (Wildman–Crippen LogP) is 4.38. The topological polar surface area (TPSA) is 134 Å². The summed E-state index contributed by atoms with van der Waals surface area (Å²) in [5.41, 5.74) is 0.151. The summed E-state index contributed by atoms with van der Waals surface area (Å²) in [5, 5.41) is 19.2. The summed E-state index contributed by atoms with van der Waals surface area (Å²) in [6, 6.07) is 7.21. The molecule has 2 fully saturated rings. The zero-order valence-electron chi connectivity index (χ0n) is 23.2. The molecule has 0 saturated carbocycles. The van der Waals surface area contributed by atoms with Crippen LogP contribution in [0.3, 0.4) is 0 Å². The Bertz CT molecular complexity index is 1560. The molecular weight excluding hydrogens is 510 g/mol. The Morgan fingerprint density at radius 3 is 2.58 bits per heavy atom. The van der Waals surface area contributed by atoms with Crippen molar-refractivity contribution in [1.29, 1.82) is 0 Å². The number of ether oxygens (including phenoxy) is 1. The molecule has 2 atom stereocenters. The van der Waals surface area contributed by atoms with E-state index in [1.54, 1.807) is 35.4 Å². The average Bonchev–Trinajstić information content (AvgIpc) is 3.61. The van der Waals surface area contributed by atoms with Crippen molar-refractivity contribution in [2.24, 2.45) is 0 Å². The first kappa shape index (κ1) is 25.8. The zero-order chi connectivity index (χ0) is 28.2. The minimum atomic E-state index is -0.534. The van der Waals surface area contributed by atoms with E-state index in [0.29, 0.717) is 41.9 Å². The molecule has 4 aromatic rings. The first-order valence-corrected chi connectivity index (χ1v) is 13.5. The molecule has 2 N–H and O–H groups in total. The molecule has 2 aliphatic heterocycles. The number of phenols is 1. The molecule has 208 valence electrons. The Hall–Kier alpha value is -4.48. The van der Waals surface area contributed by atoms with Gasteiger partial charge in [-0.25, -0.2) is 24.4 Å². The smallest absolute Gasteiger partial charge is 0.410 e. The first-order chi connectivity index (χ1) is 19.1. The SMILES string of the molecule is CC(C)c1nc(N2C[C@@H]3C[C@H]2CN3C(=O)OC(C)(C)C)cc(-n2nc(Nc3cnccn3)c3ccc(O)cc32)n1. The number of anilines is 3. The van der Waals surface area contributed by atoms with E-state index in [0.717, 1.165) is 17.6 Å². The van der Waals surface area contributed by atoms with Gasteiger partial charge in [0.25, 0.3) is 0 Å². The fourth-order valence-electron chi connectivity index (χ4n) is 5.30. The Labute approximate surface area is 232 Å². The van der Waals surface area contributed by atoms with Gasteiger partial charge in [0.15, 0.2) is 11.6 Å². The average molecular weight is 544 g/mol. The fourth-order valence-corrected chi connectivity index (χ4v) is 5.30. The highest BCUT2D eigenvalue weighted by Crippen LogP contribution is 2.36. The highest BCUT2D eigenvalue weighted by molar-refractivity contribution is 5.93. The monoisotopic (exact) mass is 543 g/mol. The predicted molar refractivity (Wildman–Crippen MR) is 150 cm³/mol. The number of likely N-dealkylation sites (tertiary alicyclic amines) is 1. The van der Waals surface area contributed by atoms with E-state index in [4.69, 9.17) is 19.8 Å². The van der Waals surface area contributed by atoms with Crippen LogP contribution in [-0.2, 0) is 4.74 Å². The maximum absolute atomic E-state index is 12.8. The third kappa shape index (κ3) is 4.85. The number of aromatic nitrogens is 6. The van der Waals surface area contributed by atoms with Gasteiger partial charge in [-0.1, -0.05) is 13.8 Å². The number of carbonyl (C=O) groups is 1. The van der Waals surface area contributed by atoms with Crippen molar-refractivity contribution in [2.45, 2.75) is 64.6 Å². The summed E-state index contributed by atoms with van der Waals surface area (Å²) < 4.78 is 7.35. The van der Waals surface area contributed by atoms with Gasteiger partial charge in [0.05, 0.1) is 23.8 Å². The molecule has 5 heterocycles. The molecule has 2 aliphatic rings. The normalized spacial score (nSPS) is 18.6. The number of carbonyl (C=O) groups excluding carboxylic acids is 1. The Morgan fingerprint density at radius 2 is 1.90 bits per heavy atom. The Morgan fingerprint density at radius 1 is 1.10 bits per heavy atom. The van der Waals surface area contributed by atoms with E-state index in [-0.39, 0.29) is 29.8 Å². The molecule has 0 unspecified atom stereocenters. The zero-order valence-corrected chi connectivity index (χ0v) is 23.2. The number of hydrogen-bond acceptors (Lipinski definition) is 10. The highest BCUT2D eigenvalue weighted by Gasteiger charge is 2.47. The van der Waals surface area contributed by atoms with Crippen LogP contribution in [0.25, 0.3) is 16.7 Å². The van der Waals surface area contributed by atoms with Gasteiger partial charge >= 0.3 is 6.09 Å². The van der Waals surface area contributed by atoms with Crippen LogP contribution in [0.2, 0.25) is 0 Å². The van der Waals surface area contributed by atoms with Crippen molar-refractivity contribution in [1.82, 2.24) is 34.6 Å². The van der Waals surface area contributed by atoms with Crippen LogP contribution >= 0.6 is 0 Å². The van der Waals surface area contributed by atoms with Crippen LogP contribution in [0.4, 0.5) is 22.2 Å². The molecular formula is C28H33N9O3. The lowest BCUT2D eigenvalue weighted by Gasteiger charge is -2.36. The minimum absolute atomic E-state index is 0.0611. The van der Waals surface area contributed by atoms with Gasteiger partial charge in [-0.2, -0.15) is 0 Å². The number of nitrogens with zero attached hydrogens (tertiary/aromatic N) is 8. The summed E-state index contributed by atoms with van der Waals surface area (Å²) in [5.74, 6) is 3.37. The third-order valence-corrected chi connectivity index (χ3v) is 7.09. The second-order valence-electron chi connectivity index (χ2n) is 11.6. The van der Waals surface area contributed by atoms with Gasteiger partial charge in [0.1, 0.15) is 28.8 Å². The van der Waals surface area contributed by atoms with Crippen LogP contribution < -0.4 is 10.2 Å². The Kier molecular flexibility index (Phi) is 6.20. The van der Waals surface area contributed by atoms with Crippen LogP contribution in [0.15, 0.2) is 42.9 Å². The van der Waals surface area contributed by atoms with E-state index < -0.39 is 5.60 Å². The molecule has 12 nitrogen and oxygen atoms in total. The number of piperazine rings is 1. The van der Waals surface area contributed by atoms with Crippen LogP contribution in [0.1, 0.15) is 52.8 Å². The lowest BCUT2D eigenvalue weighted by Crippen LogP contribution is -2.50. The number of aromatic hydroxyl groups is 1. The van der Waals surface area contributed by atoms with Crippen LogP contribution in [0.5, 0.6) is 5.75 Å². The maximum Gasteiger partial charge on any atom is 0.410 e. The quantitative estimate of drug-likeness (QED) is 0.373. The number of hydrogen-bond donors (Lipinski definition) is 2. The summed E-state index contributed by atoms with van der Waals surface area (Å²) in [7, 11) is 0.